The van der Waals surface area contributed by atoms with Gasteiger partial charge < -0.3 is 4.74 Å². The molecule has 0 unspecified atom stereocenters. The summed E-state index contributed by atoms with van der Waals surface area (Å²) in [4.78, 5) is 9.18. The molecule has 0 aliphatic carbocycles. The van der Waals surface area contributed by atoms with Gasteiger partial charge in [0.05, 0.1) is 7.11 Å². The van der Waals surface area contributed by atoms with Crippen molar-refractivity contribution >= 4 is 0 Å². The van der Waals surface area contributed by atoms with Gasteiger partial charge in [-0.15, -0.1) is 0 Å². The van der Waals surface area contributed by atoms with E-state index in [1.165, 1.54) is 11.1 Å². The number of hydrogen-bond donors (Lipinski definition) is 0. The lowest BCUT2D eigenvalue weighted by molar-refractivity contribution is 0.121. The molecule has 1 aromatic heterocycles. The van der Waals surface area contributed by atoms with Crippen LogP contribution < -0.4 is 4.74 Å². The van der Waals surface area contributed by atoms with E-state index in [1.807, 2.05) is 30.6 Å². The van der Waals surface area contributed by atoms with Crippen molar-refractivity contribution in [3.05, 3.63) is 59.9 Å². The molecule has 116 valence electrons. The summed E-state index contributed by atoms with van der Waals surface area (Å²) in [7, 11) is 1.74. The molecule has 1 saturated heterocycles. The van der Waals surface area contributed by atoms with E-state index in [2.05, 4.69) is 33.0 Å². The zero-order valence-corrected chi connectivity index (χ0v) is 13.1. The number of benzene rings is 1. The Bertz CT molecular complexity index is 580. The molecular formula is C18H23N3O. The highest BCUT2D eigenvalue weighted by atomic mass is 16.5. The maximum Gasteiger partial charge on any atom is 0.123 e. The minimum absolute atomic E-state index is 0.963. The van der Waals surface area contributed by atoms with E-state index in [9.17, 15) is 0 Å². The molecule has 22 heavy (non-hydrogen) atoms. The highest BCUT2D eigenvalue weighted by Gasteiger charge is 2.18. The number of methoxy groups -OCH3 is 1. The summed E-state index contributed by atoms with van der Waals surface area (Å²) in [5.41, 5.74) is 2.56. The first-order valence-corrected chi connectivity index (χ1v) is 7.80. The Kier molecular flexibility index (Phi) is 5.03. The van der Waals surface area contributed by atoms with E-state index in [1.54, 1.807) is 7.11 Å². The van der Waals surface area contributed by atoms with Crippen LogP contribution in [0.3, 0.4) is 0 Å². The van der Waals surface area contributed by atoms with Crippen LogP contribution in [0.15, 0.2) is 48.8 Å². The Morgan fingerprint density at radius 1 is 0.955 bits per heavy atom. The molecule has 2 heterocycles. The lowest BCUT2D eigenvalue weighted by atomic mass is 10.1. The third kappa shape index (κ3) is 3.84. The molecule has 0 atom stereocenters. The third-order valence-electron chi connectivity index (χ3n) is 4.18. The van der Waals surface area contributed by atoms with Crippen molar-refractivity contribution in [1.82, 2.24) is 14.8 Å². The monoisotopic (exact) mass is 297 g/mol. The molecule has 0 radical (unpaired) electrons. The smallest absolute Gasteiger partial charge is 0.123 e. The number of aromatic nitrogens is 1. The summed E-state index contributed by atoms with van der Waals surface area (Å²) in [5, 5.41) is 0. The fourth-order valence-electron chi connectivity index (χ4n) is 2.93. The fraction of sp³-hybridized carbons (Fsp3) is 0.389. The van der Waals surface area contributed by atoms with Crippen LogP contribution in [0.4, 0.5) is 0 Å². The van der Waals surface area contributed by atoms with E-state index >= 15 is 0 Å². The van der Waals surface area contributed by atoms with Crippen LogP contribution in [-0.2, 0) is 13.1 Å². The summed E-state index contributed by atoms with van der Waals surface area (Å²) in [6.45, 7) is 6.35. The van der Waals surface area contributed by atoms with Crippen molar-refractivity contribution in [2.75, 3.05) is 33.3 Å². The molecule has 0 bridgehead atoms. The quantitative estimate of drug-likeness (QED) is 0.847. The fourth-order valence-corrected chi connectivity index (χ4v) is 2.93. The Labute approximate surface area is 132 Å². The summed E-state index contributed by atoms with van der Waals surface area (Å²) < 4.78 is 5.44. The van der Waals surface area contributed by atoms with E-state index in [0.29, 0.717) is 0 Å². The van der Waals surface area contributed by atoms with Crippen molar-refractivity contribution < 1.29 is 4.74 Å². The molecule has 4 heteroatoms. The van der Waals surface area contributed by atoms with Crippen LogP contribution >= 0.6 is 0 Å². The van der Waals surface area contributed by atoms with E-state index in [-0.39, 0.29) is 0 Å². The SMILES string of the molecule is COc1ccccc1CN1CCN(Cc2cccnc2)CC1. The van der Waals surface area contributed by atoms with Gasteiger partial charge in [-0.1, -0.05) is 24.3 Å². The largest absolute Gasteiger partial charge is 0.496 e. The van der Waals surface area contributed by atoms with Crippen LogP contribution in [0.25, 0.3) is 0 Å². The third-order valence-corrected chi connectivity index (χ3v) is 4.18. The van der Waals surface area contributed by atoms with Gasteiger partial charge in [0.15, 0.2) is 0 Å². The van der Waals surface area contributed by atoms with E-state index in [4.69, 9.17) is 4.74 Å². The van der Waals surface area contributed by atoms with Crippen molar-refractivity contribution in [3.63, 3.8) is 0 Å². The van der Waals surface area contributed by atoms with Gasteiger partial charge in [-0.2, -0.15) is 0 Å². The minimum Gasteiger partial charge on any atom is -0.496 e. The van der Waals surface area contributed by atoms with Gasteiger partial charge in [0, 0.05) is 57.2 Å². The average molecular weight is 297 g/mol. The lowest BCUT2D eigenvalue weighted by Gasteiger charge is -2.34. The maximum absolute atomic E-state index is 5.44. The van der Waals surface area contributed by atoms with Gasteiger partial charge in [-0.05, 0) is 17.7 Å². The summed E-state index contributed by atoms with van der Waals surface area (Å²) in [6, 6.07) is 12.4. The van der Waals surface area contributed by atoms with Crippen molar-refractivity contribution in [3.8, 4) is 5.75 Å². The highest BCUT2D eigenvalue weighted by molar-refractivity contribution is 5.33. The van der Waals surface area contributed by atoms with Gasteiger partial charge in [0.1, 0.15) is 5.75 Å². The molecule has 1 fully saturated rings. The molecule has 0 saturated carbocycles. The van der Waals surface area contributed by atoms with Crippen molar-refractivity contribution in [1.29, 1.82) is 0 Å². The summed E-state index contributed by atoms with van der Waals surface area (Å²) in [5.74, 6) is 0.986. The van der Waals surface area contributed by atoms with Gasteiger partial charge in [-0.3, -0.25) is 14.8 Å². The zero-order chi connectivity index (χ0) is 15.2. The first-order valence-electron chi connectivity index (χ1n) is 7.80. The highest BCUT2D eigenvalue weighted by Crippen LogP contribution is 2.20. The predicted molar refractivity (Wildman–Crippen MR) is 87.8 cm³/mol. The molecule has 4 nitrogen and oxygen atoms in total. The Morgan fingerprint density at radius 2 is 1.68 bits per heavy atom. The Hall–Kier alpha value is -1.91. The summed E-state index contributed by atoms with van der Waals surface area (Å²) in [6.07, 6.45) is 3.79. The number of hydrogen-bond acceptors (Lipinski definition) is 4. The van der Waals surface area contributed by atoms with Crippen LogP contribution in [0.2, 0.25) is 0 Å². The molecule has 1 aliphatic rings. The van der Waals surface area contributed by atoms with Crippen LogP contribution in [0.1, 0.15) is 11.1 Å². The zero-order valence-electron chi connectivity index (χ0n) is 13.1. The predicted octanol–water partition coefficient (Wildman–Crippen LogP) is 2.41. The molecule has 0 N–H and O–H groups in total. The second kappa shape index (κ2) is 7.38. The van der Waals surface area contributed by atoms with E-state index in [0.717, 1.165) is 45.0 Å². The van der Waals surface area contributed by atoms with Crippen LogP contribution in [0.5, 0.6) is 5.75 Å². The first-order chi connectivity index (χ1) is 10.8. The second-order valence-electron chi connectivity index (χ2n) is 5.73. The van der Waals surface area contributed by atoms with Crippen molar-refractivity contribution in [2.45, 2.75) is 13.1 Å². The summed E-state index contributed by atoms with van der Waals surface area (Å²) >= 11 is 0. The number of nitrogens with zero attached hydrogens (tertiary/aromatic N) is 3. The van der Waals surface area contributed by atoms with E-state index < -0.39 is 0 Å². The van der Waals surface area contributed by atoms with Crippen molar-refractivity contribution in [2.24, 2.45) is 0 Å². The molecular weight excluding hydrogens is 274 g/mol. The van der Waals surface area contributed by atoms with Gasteiger partial charge in [0.2, 0.25) is 0 Å². The first kappa shape index (κ1) is 15.0. The Morgan fingerprint density at radius 3 is 2.36 bits per heavy atom. The number of para-hydroxylation sites is 1. The maximum atomic E-state index is 5.44. The number of rotatable bonds is 5. The molecule has 0 spiro atoms. The van der Waals surface area contributed by atoms with Crippen LogP contribution in [0, 0.1) is 0 Å². The number of pyridine rings is 1. The standard InChI is InChI=1S/C18H23N3O/c1-22-18-7-3-2-6-17(18)15-21-11-9-20(10-12-21)14-16-5-4-8-19-13-16/h2-8,13H,9-12,14-15H2,1H3. The molecule has 1 aromatic carbocycles. The van der Waals surface area contributed by atoms with Gasteiger partial charge in [-0.25, -0.2) is 0 Å². The minimum atomic E-state index is 0.963. The number of ether oxygens (including phenoxy) is 1. The molecule has 2 aromatic rings. The van der Waals surface area contributed by atoms with Gasteiger partial charge >= 0.3 is 0 Å². The Balaban J connectivity index is 1.51. The second-order valence-corrected chi connectivity index (χ2v) is 5.73. The topological polar surface area (TPSA) is 28.6 Å². The lowest BCUT2D eigenvalue weighted by Crippen LogP contribution is -2.45. The molecule has 3 rings (SSSR count). The molecule has 1 aliphatic heterocycles. The van der Waals surface area contributed by atoms with Crippen LogP contribution in [-0.4, -0.2) is 48.1 Å². The normalized spacial score (nSPS) is 16.6. The van der Waals surface area contributed by atoms with Gasteiger partial charge in [0.25, 0.3) is 0 Å². The average Bonchev–Trinajstić information content (AvgIpc) is 2.58. The number of piperazine rings is 1. The molecule has 0 amide bonds.